The Hall–Kier alpha value is -2.50. The van der Waals surface area contributed by atoms with Gasteiger partial charge in [-0.3, -0.25) is 14.9 Å². The number of nitrogens with zero attached hydrogens (tertiary/aromatic N) is 3. The highest BCUT2D eigenvalue weighted by atomic mass is 16.6. The molecule has 1 heterocycles. The largest absolute Gasteiger partial charge is 0.324 e. The fourth-order valence-corrected chi connectivity index (χ4v) is 1.58. The van der Waals surface area contributed by atoms with Crippen LogP contribution >= 0.6 is 0 Å². The minimum Gasteiger partial charge on any atom is -0.324 e. The van der Waals surface area contributed by atoms with E-state index in [1.807, 2.05) is 0 Å². The van der Waals surface area contributed by atoms with Crippen LogP contribution in [0.15, 0.2) is 36.7 Å². The molecule has 86 valence electrons. The summed E-state index contributed by atoms with van der Waals surface area (Å²) >= 11 is 0. The van der Waals surface area contributed by atoms with Crippen molar-refractivity contribution in [3.8, 4) is 0 Å². The number of aldehydes is 1. The van der Waals surface area contributed by atoms with Gasteiger partial charge in [-0.1, -0.05) is 18.2 Å². The van der Waals surface area contributed by atoms with Crippen molar-refractivity contribution in [3.63, 3.8) is 0 Å². The lowest BCUT2D eigenvalue weighted by molar-refractivity contribution is -0.385. The SMILES string of the molecule is O=Cc1nccn1Cc1ccccc1[N+](=O)[O-]. The molecule has 6 nitrogen and oxygen atoms in total. The molecule has 0 radical (unpaired) electrons. The first-order valence-corrected chi connectivity index (χ1v) is 4.91. The molecule has 0 N–H and O–H groups in total. The van der Waals surface area contributed by atoms with Crippen LogP contribution < -0.4 is 0 Å². The van der Waals surface area contributed by atoms with Gasteiger partial charge in [-0.2, -0.15) is 0 Å². The van der Waals surface area contributed by atoms with Crippen molar-refractivity contribution in [1.82, 2.24) is 9.55 Å². The predicted molar refractivity (Wildman–Crippen MR) is 59.8 cm³/mol. The normalized spacial score (nSPS) is 10.1. The highest BCUT2D eigenvalue weighted by molar-refractivity contribution is 5.69. The van der Waals surface area contributed by atoms with Gasteiger partial charge in [-0.15, -0.1) is 0 Å². The standard InChI is InChI=1S/C11H9N3O3/c15-8-11-12-5-6-13(11)7-9-3-1-2-4-10(9)14(16)17/h1-6,8H,7H2. The third kappa shape index (κ3) is 2.20. The molecule has 0 spiro atoms. The van der Waals surface area contributed by atoms with E-state index in [9.17, 15) is 14.9 Å². The van der Waals surface area contributed by atoms with E-state index in [4.69, 9.17) is 0 Å². The third-order valence-electron chi connectivity index (χ3n) is 2.38. The molecule has 0 aliphatic carbocycles. The average molecular weight is 231 g/mol. The molecule has 0 aliphatic heterocycles. The number of nitro groups is 1. The van der Waals surface area contributed by atoms with E-state index >= 15 is 0 Å². The van der Waals surface area contributed by atoms with Crippen molar-refractivity contribution < 1.29 is 9.72 Å². The second-order valence-corrected chi connectivity index (χ2v) is 3.42. The molecule has 0 amide bonds. The maximum Gasteiger partial charge on any atom is 0.274 e. The van der Waals surface area contributed by atoms with Crippen LogP contribution in [0.3, 0.4) is 0 Å². The molecule has 6 heteroatoms. The lowest BCUT2D eigenvalue weighted by atomic mass is 10.2. The van der Waals surface area contributed by atoms with Gasteiger partial charge in [0.15, 0.2) is 12.1 Å². The van der Waals surface area contributed by atoms with E-state index in [0.717, 1.165) is 0 Å². The summed E-state index contributed by atoms with van der Waals surface area (Å²) in [6.07, 6.45) is 3.72. The second-order valence-electron chi connectivity index (χ2n) is 3.42. The summed E-state index contributed by atoms with van der Waals surface area (Å²) in [4.78, 5) is 24.9. The average Bonchev–Trinajstić information content (AvgIpc) is 2.77. The minimum atomic E-state index is -0.438. The number of hydrogen-bond acceptors (Lipinski definition) is 4. The number of carbonyl (C=O) groups excluding carboxylic acids is 1. The Balaban J connectivity index is 2.36. The third-order valence-corrected chi connectivity index (χ3v) is 2.38. The fourth-order valence-electron chi connectivity index (χ4n) is 1.58. The number of nitro benzene ring substituents is 1. The van der Waals surface area contributed by atoms with Crippen LogP contribution in [0.1, 0.15) is 16.2 Å². The van der Waals surface area contributed by atoms with Gasteiger partial charge < -0.3 is 4.57 Å². The lowest BCUT2D eigenvalue weighted by Gasteiger charge is -2.04. The summed E-state index contributed by atoms with van der Waals surface area (Å²) in [6.45, 7) is 0.255. The number of hydrogen-bond donors (Lipinski definition) is 0. The van der Waals surface area contributed by atoms with E-state index in [1.165, 1.54) is 12.3 Å². The zero-order valence-electron chi connectivity index (χ0n) is 8.81. The van der Waals surface area contributed by atoms with Crippen LogP contribution in [-0.2, 0) is 6.54 Å². The number of rotatable bonds is 4. The van der Waals surface area contributed by atoms with Crippen LogP contribution in [0, 0.1) is 10.1 Å². The summed E-state index contributed by atoms with van der Waals surface area (Å²) in [5.74, 6) is 0.253. The van der Waals surface area contributed by atoms with Gasteiger partial charge in [0, 0.05) is 24.0 Å². The number of aromatic nitrogens is 2. The minimum absolute atomic E-state index is 0.0399. The van der Waals surface area contributed by atoms with Crippen LogP contribution in [-0.4, -0.2) is 20.8 Å². The van der Waals surface area contributed by atoms with Gasteiger partial charge in [-0.25, -0.2) is 4.98 Å². The highest BCUT2D eigenvalue weighted by Gasteiger charge is 2.13. The molecule has 0 saturated carbocycles. The molecule has 0 aliphatic rings. The smallest absolute Gasteiger partial charge is 0.274 e. The quantitative estimate of drug-likeness (QED) is 0.455. The Morgan fingerprint density at radius 2 is 2.18 bits per heavy atom. The van der Waals surface area contributed by atoms with Crippen molar-refractivity contribution in [2.45, 2.75) is 6.54 Å². The predicted octanol–water partition coefficient (Wildman–Crippen LogP) is 1.65. The van der Waals surface area contributed by atoms with E-state index in [2.05, 4.69) is 4.98 Å². The van der Waals surface area contributed by atoms with Gasteiger partial charge in [-0.05, 0) is 0 Å². The monoisotopic (exact) mass is 231 g/mol. The Kier molecular flexibility index (Phi) is 2.95. The van der Waals surface area contributed by atoms with Crippen molar-refractivity contribution >= 4 is 12.0 Å². The van der Waals surface area contributed by atoms with Crippen LogP contribution in [0.2, 0.25) is 0 Å². The van der Waals surface area contributed by atoms with Crippen LogP contribution in [0.4, 0.5) is 5.69 Å². The van der Waals surface area contributed by atoms with E-state index in [1.54, 1.807) is 29.0 Å². The van der Waals surface area contributed by atoms with E-state index in [0.29, 0.717) is 11.8 Å². The van der Waals surface area contributed by atoms with Gasteiger partial charge in [0.1, 0.15) is 0 Å². The molecule has 0 fully saturated rings. The van der Waals surface area contributed by atoms with Crippen molar-refractivity contribution in [2.24, 2.45) is 0 Å². The van der Waals surface area contributed by atoms with Gasteiger partial charge in [0.05, 0.1) is 11.5 Å². The molecule has 2 rings (SSSR count). The molecule has 1 aromatic heterocycles. The zero-order valence-corrected chi connectivity index (χ0v) is 8.81. The molecule has 0 atom stereocenters. The maximum absolute atomic E-state index is 10.8. The topological polar surface area (TPSA) is 78.0 Å². The first-order valence-electron chi connectivity index (χ1n) is 4.91. The Bertz CT molecular complexity index is 563. The highest BCUT2D eigenvalue weighted by Crippen LogP contribution is 2.18. The summed E-state index contributed by atoms with van der Waals surface area (Å²) in [7, 11) is 0. The molecular weight excluding hydrogens is 222 g/mol. The molecule has 2 aromatic rings. The Labute approximate surface area is 96.7 Å². The lowest BCUT2D eigenvalue weighted by Crippen LogP contribution is -2.05. The van der Waals surface area contributed by atoms with Gasteiger partial charge in [0.25, 0.3) is 5.69 Å². The molecule has 0 bridgehead atoms. The Morgan fingerprint density at radius 3 is 2.88 bits per heavy atom. The van der Waals surface area contributed by atoms with Crippen LogP contribution in [0.5, 0.6) is 0 Å². The molecule has 17 heavy (non-hydrogen) atoms. The van der Waals surface area contributed by atoms with Gasteiger partial charge >= 0.3 is 0 Å². The van der Waals surface area contributed by atoms with Crippen molar-refractivity contribution in [3.05, 3.63) is 58.2 Å². The zero-order chi connectivity index (χ0) is 12.3. The van der Waals surface area contributed by atoms with Crippen molar-refractivity contribution in [1.29, 1.82) is 0 Å². The maximum atomic E-state index is 10.8. The summed E-state index contributed by atoms with van der Waals surface area (Å²) in [6, 6.07) is 6.43. The summed E-state index contributed by atoms with van der Waals surface area (Å²) in [5, 5.41) is 10.8. The van der Waals surface area contributed by atoms with E-state index in [-0.39, 0.29) is 18.1 Å². The molecule has 0 unspecified atom stereocenters. The number of para-hydroxylation sites is 1. The van der Waals surface area contributed by atoms with Crippen LogP contribution in [0.25, 0.3) is 0 Å². The molecule has 0 saturated heterocycles. The number of carbonyl (C=O) groups is 1. The number of imidazole rings is 1. The van der Waals surface area contributed by atoms with E-state index < -0.39 is 4.92 Å². The molecule has 1 aromatic carbocycles. The summed E-state index contributed by atoms with van der Waals surface area (Å²) in [5.41, 5.74) is 0.580. The summed E-state index contributed by atoms with van der Waals surface area (Å²) < 4.78 is 1.56. The first kappa shape index (κ1) is 11.0. The number of benzene rings is 1. The van der Waals surface area contributed by atoms with Gasteiger partial charge in [0.2, 0.25) is 0 Å². The molecular formula is C11H9N3O3. The Morgan fingerprint density at radius 1 is 1.41 bits per heavy atom. The second kappa shape index (κ2) is 4.56. The fraction of sp³-hybridized carbons (Fsp3) is 0.0909. The van der Waals surface area contributed by atoms with Crippen molar-refractivity contribution in [2.75, 3.05) is 0 Å². The first-order chi connectivity index (χ1) is 8.22.